The van der Waals surface area contributed by atoms with E-state index in [1.807, 2.05) is 30.6 Å². The number of pyridine rings is 2. The van der Waals surface area contributed by atoms with Crippen molar-refractivity contribution in [3.05, 3.63) is 72.5 Å². The van der Waals surface area contributed by atoms with Crippen LogP contribution >= 0.6 is 0 Å². The molecular weight excluding hydrogens is 516 g/mol. The summed E-state index contributed by atoms with van der Waals surface area (Å²) in [6.45, 7) is 4.42. The molecule has 2 aromatic rings. The van der Waals surface area contributed by atoms with Crippen molar-refractivity contribution in [2.45, 2.75) is 20.3 Å². The van der Waals surface area contributed by atoms with E-state index < -0.39 is 5.97 Å². The maximum absolute atomic E-state index is 10.0. The van der Waals surface area contributed by atoms with Crippen LogP contribution in [-0.2, 0) is 19.8 Å². The number of aromatic carboxylic acids is 1. The van der Waals surface area contributed by atoms with E-state index >= 15 is 0 Å². The summed E-state index contributed by atoms with van der Waals surface area (Å²) >= 11 is 0. The summed E-state index contributed by atoms with van der Waals surface area (Å²) < 4.78 is 0. The van der Waals surface area contributed by atoms with E-state index in [-0.39, 0.29) is 43.3 Å². The van der Waals surface area contributed by atoms with Crippen LogP contribution in [0.4, 0.5) is 0 Å². The minimum Gasteiger partial charge on any atom is -1.00 e. The van der Waals surface area contributed by atoms with Crippen molar-refractivity contribution in [1.29, 1.82) is 0 Å². The monoisotopic (exact) mass is 535 g/mol. The Morgan fingerprint density at radius 3 is 2.16 bits per heavy atom. The standard InChI is InChI=1S/C12H14N2.C6H5NO2.ClH.Os/c1-12(2)6-8-14-11(9-12)10-5-3-4-7-13-10;8-6(9)5-3-1-2-4-7-5;;/h3-8H,9H2,1-2H3;1-4H,(H,8,9);1H;/q;;;+2/p-2. The van der Waals surface area contributed by atoms with E-state index in [4.69, 9.17) is 0 Å². The number of carbonyl (C=O) groups is 1. The molecule has 0 saturated carbocycles. The zero-order valence-electron chi connectivity index (χ0n) is 13.9. The molecular formula is C18H18ClN3O2Os. The van der Waals surface area contributed by atoms with Gasteiger partial charge in [0, 0.05) is 25.0 Å². The Labute approximate surface area is 166 Å². The summed E-state index contributed by atoms with van der Waals surface area (Å²) in [4.78, 5) is 22.2. The minimum atomic E-state index is -1.24. The number of hydrogen-bond donors (Lipinski definition) is 0. The van der Waals surface area contributed by atoms with Gasteiger partial charge in [-0.1, -0.05) is 32.1 Å². The van der Waals surface area contributed by atoms with E-state index in [0.29, 0.717) is 0 Å². The molecule has 0 spiro atoms. The van der Waals surface area contributed by atoms with Crippen LogP contribution in [0.5, 0.6) is 0 Å². The number of aliphatic imine (C=N–C) groups is 1. The zero-order valence-corrected chi connectivity index (χ0v) is 17.2. The van der Waals surface area contributed by atoms with Crippen molar-refractivity contribution in [2.75, 3.05) is 0 Å². The number of carboxylic acid groups (broad SMARTS) is 1. The molecule has 0 amide bonds. The van der Waals surface area contributed by atoms with Crippen LogP contribution in [0.1, 0.15) is 36.5 Å². The fraction of sp³-hybridized carbons (Fsp3) is 0.222. The molecule has 0 fully saturated rings. The molecule has 0 atom stereocenters. The summed E-state index contributed by atoms with van der Waals surface area (Å²) in [6.07, 6.45) is 8.20. The normalized spacial score (nSPS) is 13.9. The van der Waals surface area contributed by atoms with E-state index in [2.05, 4.69) is 34.9 Å². The molecule has 1 aliphatic rings. The van der Waals surface area contributed by atoms with Crippen LogP contribution in [0.25, 0.3) is 0 Å². The van der Waals surface area contributed by atoms with Gasteiger partial charge in [-0.2, -0.15) is 0 Å². The number of allylic oxidation sites excluding steroid dienone is 1. The Morgan fingerprint density at radius 2 is 1.72 bits per heavy atom. The van der Waals surface area contributed by atoms with Gasteiger partial charge in [0.15, 0.2) is 0 Å². The molecule has 2 aromatic heterocycles. The molecule has 0 bridgehead atoms. The Morgan fingerprint density at radius 1 is 1.08 bits per heavy atom. The van der Waals surface area contributed by atoms with E-state index in [1.165, 1.54) is 12.3 Å². The van der Waals surface area contributed by atoms with Gasteiger partial charge in [-0.15, -0.1) is 0 Å². The Balaban J connectivity index is 0.000000462. The summed E-state index contributed by atoms with van der Waals surface area (Å²) in [7, 11) is 0. The second-order valence-corrected chi connectivity index (χ2v) is 5.77. The molecule has 3 heterocycles. The first-order valence-electron chi connectivity index (χ1n) is 7.26. The molecule has 0 N–H and O–H groups in total. The van der Waals surface area contributed by atoms with Crippen molar-refractivity contribution < 1.29 is 42.1 Å². The molecule has 0 saturated heterocycles. The van der Waals surface area contributed by atoms with Crippen molar-refractivity contribution in [1.82, 2.24) is 9.97 Å². The summed E-state index contributed by atoms with van der Waals surface area (Å²) in [5, 5.41) is 10.0. The van der Waals surface area contributed by atoms with Gasteiger partial charge in [0.2, 0.25) is 0 Å². The van der Waals surface area contributed by atoms with Gasteiger partial charge in [-0.25, -0.2) is 0 Å². The van der Waals surface area contributed by atoms with Crippen LogP contribution in [0.2, 0.25) is 0 Å². The minimum absolute atomic E-state index is 0. The second-order valence-electron chi connectivity index (χ2n) is 5.77. The fourth-order valence-electron chi connectivity index (χ4n) is 2.04. The van der Waals surface area contributed by atoms with Gasteiger partial charge < -0.3 is 22.3 Å². The third-order valence-corrected chi connectivity index (χ3v) is 3.21. The van der Waals surface area contributed by atoms with Gasteiger partial charge in [-0.3, -0.25) is 15.0 Å². The number of hydrogen-bond acceptors (Lipinski definition) is 5. The van der Waals surface area contributed by atoms with E-state index in [1.54, 1.807) is 12.1 Å². The maximum Gasteiger partial charge on any atom is 2.00 e. The summed E-state index contributed by atoms with van der Waals surface area (Å²) in [6, 6.07) is 10.6. The molecule has 1 aliphatic heterocycles. The molecule has 0 unspecified atom stereocenters. The number of halogens is 1. The van der Waals surface area contributed by atoms with Crippen molar-refractivity contribution >= 4 is 11.7 Å². The van der Waals surface area contributed by atoms with Crippen LogP contribution < -0.4 is 17.5 Å². The molecule has 132 valence electrons. The van der Waals surface area contributed by atoms with Crippen LogP contribution in [-0.4, -0.2) is 21.6 Å². The number of aromatic nitrogens is 2. The third kappa shape index (κ3) is 7.68. The SMILES string of the molecule is CC1(C)C=CN=C(c2ccccn2)C1.O=C([O-])c1ccccn1.[Cl-].[Os+2]. The Hall–Kier alpha value is -1.89. The topological polar surface area (TPSA) is 78.3 Å². The molecule has 25 heavy (non-hydrogen) atoms. The molecule has 0 aromatic carbocycles. The van der Waals surface area contributed by atoms with Gasteiger partial charge in [0.1, 0.15) is 0 Å². The third-order valence-electron chi connectivity index (χ3n) is 3.21. The Bertz CT molecular complexity index is 720. The first-order chi connectivity index (χ1) is 11.0. The van der Waals surface area contributed by atoms with Crippen molar-refractivity contribution in [3.63, 3.8) is 0 Å². The Kier molecular flexibility index (Phi) is 10.0. The number of carboxylic acids is 1. The second kappa shape index (κ2) is 10.9. The van der Waals surface area contributed by atoms with Crippen LogP contribution in [0, 0.1) is 5.41 Å². The summed E-state index contributed by atoms with van der Waals surface area (Å²) in [5.41, 5.74) is 2.25. The van der Waals surface area contributed by atoms with Gasteiger partial charge in [0.25, 0.3) is 0 Å². The zero-order chi connectivity index (χ0) is 16.7. The van der Waals surface area contributed by atoms with Gasteiger partial charge in [-0.05, 0) is 29.7 Å². The number of carbonyl (C=O) groups excluding carboxylic acids is 1. The average Bonchev–Trinajstić information content (AvgIpc) is 2.56. The fourth-order valence-corrected chi connectivity index (χ4v) is 2.04. The maximum atomic E-state index is 10.0. The molecule has 5 nitrogen and oxygen atoms in total. The predicted molar refractivity (Wildman–Crippen MR) is 86.9 cm³/mol. The number of rotatable bonds is 2. The number of nitrogens with zero attached hydrogens (tertiary/aromatic N) is 3. The molecule has 7 heteroatoms. The molecule has 0 radical (unpaired) electrons. The van der Waals surface area contributed by atoms with Gasteiger partial charge in [0.05, 0.1) is 23.1 Å². The van der Waals surface area contributed by atoms with E-state index in [9.17, 15) is 9.90 Å². The van der Waals surface area contributed by atoms with Crippen LogP contribution in [0.15, 0.2) is 66.1 Å². The van der Waals surface area contributed by atoms with E-state index in [0.717, 1.165) is 17.8 Å². The van der Waals surface area contributed by atoms with Crippen molar-refractivity contribution in [3.8, 4) is 0 Å². The smallest absolute Gasteiger partial charge is 1.00 e. The van der Waals surface area contributed by atoms with Crippen molar-refractivity contribution in [2.24, 2.45) is 10.4 Å². The largest absolute Gasteiger partial charge is 2.00 e. The first kappa shape index (κ1) is 23.1. The van der Waals surface area contributed by atoms with Gasteiger partial charge >= 0.3 is 19.8 Å². The van der Waals surface area contributed by atoms with Crippen LogP contribution in [0.3, 0.4) is 0 Å². The summed E-state index contributed by atoms with van der Waals surface area (Å²) in [5.74, 6) is -1.24. The quantitative estimate of drug-likeness (QED) is 0.509. The first-order valence-corrected chi connectivity index (χ1v) is 7.26. The molecule has 3 rings (SSSR count). The molecule has 0 aliphatic carbocycles. The predicted octanol–water partition coefficient (Wildman–Crippen LogP) is -0.739. The average molecular weight is 534 g/mol.